The van der Waals surface area contributed by atoms with Gasteiger partial charge in [-0.2, -0.15) is 4.31 Å². The zero-order valence-corrected chi connectivity index (χ0v) is 18.1. The number of hydrogen-bond acceptors (Lipinski definition) is 6. The average molecular weight is 428 g/mol. The third-order valence-electron chi connectivity index (χ3n) is 4.56. The highest BCUT2D eigenvalue weighted by Crippen LogP contribution is 2.28. The molecule has 162 valence electrons. The van der Waals surface area contributed by atoms with Crippen molar-refractivity contribution >= 4 is 21.8 Å². The van der Waals surface area contributed by atoms with Gasteiger partial charge in [-0.15, -0.1) is 0 Å². The molecule has 9 nitrogen and oxygen atoms in total. The molecule has 10 heteroatoms. The molecule has 1 aliphatic rings. The number of nitrogens with zero attached hydrogens (tertiary/aromatic N) is 1. The molecule has 0 radical (unpaired) electrons. The first-order chi connectivity index (χ1) is 13.7. The van der Waals surface area contributed by atoms with Gasteiger partial charge in [-0.3, -0.25) is 9.59 Å². The molecule has 1 atom stereocenters. The van der Waals surface area contributed by atoms with Gasteiger partial charge in [0, 0.05) is 20.2 Å². The lowest BCUT2D eigenvalue weighted by atomic mass is 10.1. The molecule has 0 aromatic heterocycles. The van der Waals surface area contributed by atoms with Gasteiger partial charge in [0.1, 0.15) is 6.23 Å². The third kappa shape index (κ3) is 5.75. The Labute approximate surface area is 171 Å². The van der Waals surface area contributed by atoms with Gasteiger partial charge >= 0.3 is 11.8 Å². The Morgan fingerprint density at radius 1 is 1.17 bits per heavy atom. The molecule has 1 unspecified atom stereocenters. The molecule has 1 aliphatic heterocycles. The van der Waals surface area contributed by atoms with E-state index < -0.39 is 28.1 Å². The van der Waals surface area contributed by atoms with Crippen LogP contribution in [0, 0.1) is 20.8 Å². The van der Waals surface area contributed by atoms with Gasteiger partial charge in [-0.25, -0.2) is 8.42 Å². The number of sulfonamides is 1. The van der Waals surface area contributed by atoms with Crippen molar-refractivity contribution in [3.8, 4) is 0 Å². The van der Waals surface area contributed by atoms with E-state index in [1.165, 1.54) is 11.4 Å². The lowest BCUT2D eigenvalue weighted by Crippen LogP contribution is -2.53. The van der Waals surface area contributed by atoms with Crippen LogP contribution in [0.15, 0.2) is 17.0 Å². The number of aryl methyl sites for hydroxylation is 3. The summed E-state index contributed by atoms with van der Waals surface area (Å²) in [6, 6.07) is 3.65. The Bertz CT molecular complexity index is 832. The molecular weight excluding hydrogens is 398 g/mol. The normalized spacial score (nSPS) is 17.7. The molecular formula is C19H29N3O6S. The molecule has 1 aromatic rings. The van der Waals surface area contributed by atoms with Gasteiger partial charge in [0.25, 0.3) is 0 Å². The van der Waals surface area contributed by atoms with Crippen molar-refractivity contribution in [2.75, 3.05) is 40.0 Å². The minimum Gasteiger partial charge on any atom is -0.383 e. The third-order valence-corrected chi connectivity index (χ3v) is 6.76. The fraction of sp³-hybridized carbons (Fsp3) is 0.579. The first-order valence-corrected chi connectivity index (χ1v) is 10.9. The molecule has 29 heavy (non-hydrogen) atoms. The van der Waals surface area contributed by atoms with Crippen molar-refractivity contribution in [3.63, 3.8) is 0 Å². The van der Waals surface area contributed by atoms with Gasteiger partial charge in [-0.05, 0) is 38.3 Å². The van der Waals surface area contributed by atoms with Crippen LogP contribution in [-0.4, -0.2) is 70.7 Å². The highest BCUT2D eigenvalue weighted by atomic mass is 32.2. The van der Waals surface area contributed by atoms with Gasteiger partial charge in [0.2, 0.25) is 10.0 Å². The Morgan fingerprint density at radius 3 is 2.41 bits per heavy atom. The maximum atomic E-state index is 13.3. The summed E-state index contributed by atoms with van der Waals surface area (Å²) >= 11 is 0. The molecule has 1 aromatic carbocycles. The standard InChI is InChI=1S/C19H29N3O6S/c1-13-10-14(2)17(15(3)11-13)29(25,26)22-7-5-8-28-16(22)12-21-19(24)18(23)20-6-9-27-4/h10-11,16H,5-9,12H2,1-4H3,(H,20,23)(H,21,24). The van der Waals surface area contributed by atoms with E-state index in [0.717, 1.165) is 5.56 Å². The number of methoxy groups -OCH3 is 1. The summed E-state index contributed by atoms with van der Waals surface area (Å²) in [5.41, 5.74) is 2.30. The van der Waals surface area contributed by atoms with Crippen LogP contribution in [0.2, 0.25) is 0 Å². The molecule has 0 saturated carbocycles. The number of carbonyl (C=O) groups excluding carboxylic acids is 2. The van der Waals surface area contributed by atoms with E-state index in [9.17, 15) is 18.0 Å². The Kier molecular flexibility index (Phi) is 8.14. The van der Waals surface area contributed by atoms with Crippen LogP contribution in [0.5, 0.6) is 0 Å². The summed E-state index contributed by atoms with van der Waals surface area (Å²) in [6.45, 7) is 6.45. The molecule has 1 fully saturated rings. The van der Waals surface area contributed by atoms with Gasteiger partial charge in [0.15, 0.2) is 0 Å². The maximum absolute atomic E-state index is 13.3. The summed E-state index contributed by atoms with van der Waals surface area (Å²) in [7, 11) is -2.35. The molecule has 2 N–H and O–H groups in total. The van der Waals surface area contributed by atoms with Crippen LogP contribution in [0.3, 0.4) is 0 Å². The SMILES string of the molecule is COCCNC(=O)C(=O)NCC1OCCCN1S(=O)(=O)c1c(C)cc(C)cc1C. The zero-order chi connectivity index (χ0) is 21.6. The van der Waals surface area contributed by atoms with Crippen LogP contribution in [0.4, 0.5) is 0 Å². The van der Waals surface area contributed by atoms with E-state index in [4.69, 9.17) is 9.47 Å². The van der Waals surface area contributed by atoms with E-state index >= 15 is 0 Å². The molecule has 1 heterocycles. The van der Waals surface area contributed by atoms with E-state index in [1.54, 1.807) is 13.8 Å². The average Bonchev–Trinajstić information content (AvgIpc) is 2.65. The van der Waals surface area contributed by atoms with Gasteiger partial charge < -0.3 is 20.1 Å². The van der Waals surface area contributed by atoms with Crippen molar-refractivity contribution in [3.05, 3.63) is 28.8 Å². The number of benzene rings is 1. The number of rotatable bonds is 7. The molecule has 0 bridgehead atoms. The number of carbonyl (C=O) groups is 2. The van der Waals surface area contributed by atoms with Crippen LogP contribution in [0.25, 0.3) is 0 Å². The summed E-state index contributed by atoms with van der Waals surface area (Å²) in [5, 5.41) is 4.86. The molecule has 0 aliphatic carbocycles. The van der Waals surface area contributed by atoms with Crippen LogP contribution >= 0.6 is 0 Å². The minimum absolute atomic E-state index is 0.125. The summed E-state index contributed by atoms with van der Waals surface area (Å²) in [5.74, 6) is -1.66. The van der Waals surface area contributed by atoms with Crippen molar-refractivity contribution in [1.82, 2.24) is 14.9 Å². The largest absolute Gasteiger partial charge is 0.383 e. The maximum Gasteiger partial charge on any atom is 0.309 e. The fourth-order valence-electron chi connectivity index (χ4n) is 3.40. The van der Waals surface area contributed by atoms with Gasteiger partial charge in [-0.1, -0.05) is 17.7 Å². The molecule has 2 amide bonds. The molecule has 1 saturated heterocycles. The van der Waals surface area contributed by atoms with E-state index in [0.29, 0.717) is 24.2 Å². The van der Waals surface area contributed by atoms with Crippen LogP contribution in [-0.2, 0) is 29.1 Å². The van der Waals surface area contributed by atoms with Crippen molar-refractivity contribution in [1.29, 1.82) is 0 Å². The van der Waals surface area contributed by atoms with Crippen molar-refractivity contribution in [2.24, 2.45) is 0 Å². The highest BCUT2D eigenvalue weighted by molar-refractivity contribution is 7.89. The van der Waals surface area contributed by atoms with E-state index in [2.05, 4.69) is 10.6 Å². The molecule has 2 rings (SSSR count). The Hall–Kier alpha value is -2.01. The predicted molar refractivity (Wildman–Crippen MR) is 107 cm³/mol. The first-order valence-electron chi connectivity index (χ1n) is 9.44. The topological polar surface area (TPSA) is 114 Å². The second kappa shape index (κ2) is 10.1. The van der Waals surface area contributed by atoms with Crippen LogP contribution < -0.4 is 10.6 Å². The number of nitrogens with one attached hydrogen (secondary N) is 2. The summed E-state index contributed by atoms with van der Waals surface area (Å²) in [4.78, 5) is 24.0. The Balaban J connectivity index is 2.13. The van der Waals surface area contributed by atoms with E-state index in [1.807, 2.05) is 19.1 Å². The lowest BCUT2D eigenvalue weighted by molar-refractivity contribution is -0.140. The summed E-state index contributed by atoms with van der Waals surface area (Å²) < 4.78 is 38.4. The highest BCUT2D eigenvalue weighted by Gasteiger charge is 2.36. The van der Waals surface area contributed by atoms with Crippen LogP contribution in [0.1, 0.15) is 23.1 Å². The fourth-order valence-corrected chi connectivity index (χ4v) is 5.38. The number of ether oxygens (including phenoxy) is 2. The zero-order valence-electron chi connectivity index (χ0n) is 17.3. The minimum atomic E-state index is -3.84. The van der Waals surface area contributed by atoms with Crippen molar-refractivity contribution < 1.29 is 27.5 Å². The van der Waals surface area contributed by atoms with Crippen molar-refractivity contribution in [2.45, 2.75) is 38.3 Å². The monoisotopic (exact) mass is 427 g/mol. The Morgan fingerprint density at radius 2 is 1.79 bits per heavy atom. The second-order valence-corrected chi connectivity index (χ2v) is 8.81. The molecule has 0 spiro atoms. The quantitative estimate of drug-likeness (QED) is 0.476. The summed E-state index contributed by atoms with van der Waals surface area (Å²) in [6.07, 6.45) is -0.338. The number of hydrogen-bond donors (Lipinski definition) is 2. The first kappa shape index (κ1) is 23.3. The smallest absolute Gasteiger partial charge is 0.309 e. The predicted octanol–water partition coefficient (Wildman–Crippen LogP) is 0.228. The second-order valence-electron chi connectivity index (χ2n) is 6.98. The van der Waals surface area contributed by atoms with E-state index in [-0.39, 0.29) is 31.1 Å². The number of amides is 2. The van der Waals surface area contributed by atoms with Gasteiger partial charge in [0.05, 0.1) is 24.7 Å². The lowest BCUT2D eigenvalue weighted by Gasteiger charge is -2.35.